The molecule has 0 aliphatic carbocycles. The van der Waals surface area contributed by atoms with Crippen LogP contribution in [0.5, 0.6) is 0 Å². The van der Waals surface area contributed by atoms with Gasteiger partial charge in [-0.1, -0.05) is 42.5 Å². The number of carbonyl (C=O) groups is 2. The molecular weight excluding hydrogens is 456 g/mol. The second-order valence-electron chi connectivity index (χ2n) is 9.81. The fourth-order valence-electron chi connectivity index (χ4n) is 5.21. The van der Waals surface area contributed by atoms with E-state index in [0.29, 0.717) is 30.3 Å². The highest BCUT2D eigenvalue weighted by molar-refractivity contribution is 5.94. The lowest BCUT2D eigenvalue weighted by molar-refractivity contribution is -0.129. The van der Waals surface area contributed by atoms with Crippen LogP contribution in [0.4, 0.5) is 0 Å². The number of para-hydroxylation sites is 2. The molecule has 0 bridgehead atoms. The maximum atomic E-state index is 13.2. The van der Waals surface area contributed by atoms with Crippen LogP contribution in [0.25, 0.3) is 11.0 Å². The molecule has 8 nitrogen and oxygen atoms in total. The summed E-state index contributed by atoms with van der Waals surface area (Å²) in [5.41, 5.74) is 8.23. The van der Waals surface area contributed by atoms with Crippen LogP contribution in [-0.2, 0) is 16.0 Å². The molecule has 1 aliphatic rings. The summed E-state index contributed by atoms with van der Waals surface area (Å²) in [5.74, 6) is -1.39. The van der Waals surface area contributed by atoms with Crippen LogP contribution < -0.4 is 11.1 Å². The van der Waals surface area contributed by atoms with Gasteiger partial charge in [-0.05, 0) is 63.1 Å². The molecule has 1 aliphatic heterocycles. The molecule has 4 N–H and O–H groups in total. The summed E-state index contributed by atoms with van der Waals surface area (Å²) >= 11 is 0. The normalized spacial score (nSPS) is 22.5. The van der Waals surface area contributed by atoms with E-state index in [1.165, 1.54) is 6.20 Å². The van der Waals surface area contributed by atoms with Gasteiger partial charge in [0.1, 0.15) is 5.69 Å². The Kier molecular flexibility index (Phi) is 8.28. The number of aliphatic hydroxyl groups is 1. The number of benzene rings is 2. The third-order valence-corrected chi connectivity index (χ3v) is 6.92. The number of hydrogen-bond donors (Lipinski definition) is 3. The molecule has 1 fully saturated rings. The van der Waals surface area contributed by atoms with Gasteiger partial charge in [0, 0.05) is 5.92 Å². The Morgan fingerprint density at radius 3 is 2.36 bits per heavy atom. The Labute approximate surface area is 211 Å². The first-order valence-corrected chi connectivity index (χ1v) is 12.5. The van der Waals surface area contributed by atoms with Crippen LogP contribution in [0.1, 0.15) is 49.2 Å². The largest absolute Gasteiger partial charge is 0.391 e. The molecular formula is C28H34N4O4. The average Bonchev–Trinajstić information content (AvgIpc) is 2.86. The highest BCUT2D eigenvalue weighted by Gasteiger charge is 2.36. The Morgan fingerprint density at radius 2 is 1.69 bits per heavy atom. The van der Waals surface area contributed by atoms with Crippen molar-refractivity contribution < 1.29 is 19.4 Å². The van der Waals surface area contributed by atoms with Crippen LogP contribution in [0, 0.1) is 11.8 Å². The van der Waals surface area contributed by atoms with Gasteiger partial charge in [-0.25, -0.2) is 4.98 Å². The molecule has 0 radical (unpaired) electrons. The molecule has 2 amide bonds. The van der Waals surface area contributed by atoms with Crippen molar-refractivity contribution in [2.75, 3.05) is 0 Å². The number of carbonyl (C=O) groups excluding carboxylic acids is 2. The van der Waals surface area contributed by atoms with Gasteiger partial charge in [0.25, 0.3) is 5.91 Å². The average molecular weight is 491 g/mol. The van der Waals surface area contributed by atoms with Crippen molar-refractivity contribution in [2.45, 2.75) is 63.9 Å². The predicted octanol–water partition coefficient (Wildman–Crippen LogP) is 3.03. The van der Waals surface area contributed by atoms with E-state index < -0.39 is 29.9 Å². The predicted molar refractivity (Wildman–Crippen MR) is 137 cm³/mol. The van der Waals surface area contributed by atoms with Crippen molar-refractivity contribution in [1.82, 2.24) is 15.3 Å². The van der Waals surface area contributed by atoms with Gasteiger partial charge in [0.05, 0.1) is 41.6 Å². The van der Waals surface area contributed by atoms with E-state index in [1.54, 1.807) is 6.07 Å². The maximum absolute atomic E-state index is 13.2. The number of aliphatic hydroxyl groups excluding tert-OH is 1. The molecule has 8 heteroatoms. The van der Waals surface area contributed by atoms with Crippen molar-refractivity contribution in [3.05, 3.63) is 72.1 Å². The topological polar surface area (TPSA) is 127 Å². The third kappa shape index (κ3) is 6.44. The number of nitrogens with one attached hydrogen (secondary N) is 1. The summed E-state index contributed by atoms with van der Waals surface area (Å²) < 4.78 is 5.83. The van der Waals surface area contributed by atoms with E-state index in [2.05, 4.69) is 15.3 Å². The molecule has 2 aromatic carbocycles. The Morgan fingerprint density at radius 1 is 1.06 bits per heavy atom. The number of nitrogens with two attached hydrogens (primary N) is 1. The van der Waals surface area contributed by atoms with Gasteiger partial charge in [-0.3, -0.25) is 14.6 Å². The SMILES string of the molecule is CC1CC([C@H](C[C@H](O)[C@H](Cc2ccccc2)NC(=O)c2cnc3ccccc3n2)C(N)=O)CC(C)O1. The van der Waals surface area contributed by atoms with Crippen LogP contribution in [0.15, 0.2) is 60.8 Å². The van der Waals surface area contributed by atoms with Gasteiger partial charge in [-0.15, -0.1) is 0 Å². The minimum absolute atomic E-state index is 0.00957. The van der Waals surface area contributed by atoms with Gasteiger partial charge < -0.3 is 20.9 Å². The Balaban J connectivity index is 1.54. The van der Waals surface area contributed by atoms with E-state index in [9.17, 15) is 14.7 Å². The van der Waals surface area contributed by atoms with Crippen molar-refractivity contribution in [1.29, 1.82) is 0 Å². The molecule has 2 unspecified atom stereocenters. The lowest BCUT2D eigenvalue weighted by Crippen LogP contribution is -2.48. The molecule has 2 heterocycles. The fourth-order valence-corrected chi connectivity index (χ4v) is 5.21. The van der Waals surface area contributed by atoms with Gasteiger partial charge in [-0.2, -0.15) is 0 Å². The second-order valence-corrected chi connectivity index (χ2v) is 9.81. The molecule has 3 aromatic rings. The zero-order valence-corrected chi connectivity index (χ0v) is 20.7. The van der Waals surface area contributed by atoms with E-state index in [4.69, 9.17) is 10.5 Å². The summed E-state index contributed by atoms with van der Waals surface area (Å²) in [5, 5.41) is 14.3. The number of aromatic nitrogens is 2. The first-order valence-electron chi connectivity index (χ1n) is 12.5. The highest BCUT2D eigenvalue weighted by Crippen LogP contribution is 2.33. The molecule has 1 saturated heterocycles. The summed E-state index contributed by atoms with van der Waals surface area (Å²) in [6.07, 6.45) is 2.42. The molecule has 1 aromatic heterocycles. The smallest absolute Gasteiger partial charge is 0.271 e. The number of hydrogen-bond acceptors (Lipinski definition) is 6. The van der Waals surface area contributed by atoms with Crippen molar-refractivity contribution in [3.8, 4) is 0 Å². The maximum Gasteiger partial charge on any atom is 0.271 e. The first-order chi connectivity index (χ1) is 17.3. The molecule has 0 saturated carbocycles. The van der Waals surface area contributed by atoms with Gasteiger partial charge >= 0.3 is 0 Å². The Bertz CT molecular complexity index is 1180. The number of ether oxygens (including phenoxy) is 1. The molecule has 4 rings (SSSR count). The monoisotopic (exact) mass is 490 g/mol. The second kappa shape index (κ2) is 11.6. The van der Waals surface area contributed by atoms with Crippen LogP contribution in [0.2, 0.25) is 0 Å². The lowest BCUT2D eigenvalue weighted by Gasteiger charge is -2.37. The quantitative estimate of drug-likeness (QED) is 0.423. The van der Waals surface area contributed by atoms with E-state index in [1.807, 2.05) is 62.4 Å². The number of fused-ring (bicyclic) bond motifs is 1. The molecule has 190 valence electrons. The van der Waals surface area contributed by atoms with Crippen molar-refractivity contribution >= 4 is 22.8 Å². The molecule has 5 atom stereocenters. The van der Waals surface area contributed by atoms with Crippen molar-refractivity contribution in [3.63, 3.8) is 0 Å². The van der Waals surface area contributed by atoms with Gasteiger partial charge in [0.15, 0.2) is 0 Å². The Hall–Kier alpha value is -3.36. The summed E-state index contributed by atoms with van der Waals surface area (Å²) in [6.45, 7) is 3.97. The number of rotatable bonds is 9. The molecule has 0 spiro atoms. The summed E-state index contributed by atoms with van der Waals surface area (Å²) in [7, 11) is 0. The number of amides is 2. The number of nitrogens with zero attached hydrogens (tertiary/aromatic N) is 2. The van der Waals surface area contributed by atoms with Crippen LogP contribution in [0.3, 0.4) is 0 Å². The van der Waals surface area contributed by atoms with Crippen molar-refractivity contribution in [2.24, 2.45) is 17.6 Å². The van der Waals surface area contributed by atoms with Crippen LogP contribution in [-0.4, -0.2) is 51.2 Å². The minimum atomic E-state index is -0.992. The first kappa shape index (κ1) is 25.7. The van der Waals surface area contributed by atoms with Gasteiger partial charge in [0.2, 0.25) is 5.91 Å². The van der Waals surface area contributed by atoms with E-state index in [0.717, 1.165) is 5.56 Å². The zero-order chi connectivity index (χ0) is 25.7. The third-order valence-electron chi connectivity index (χ3n) is 6.92. The highest BCUT2D eigenvalue weighted by atomic mass is 16.5. The fraction of sp³-hybridized carbons (Fsp3) is 0.429. The van der Waals surface area contributed by atoms with E-state index in [-0.39, 0.29) is 30.2 Å². The molecule has 36 heavy (non-hydrogen) atoms. The minimum Gasteiger partial charge on any atom is -0.391 e. The lowest BCUT2D eigenvalue weighted by atomic mass is 9.77. The standard InChI is InChI=1S/C28H34N4O4/c1-17-12-20(13-18(2)36-17)21(27(29)34)15-26(33)24(14-19-8-4-3-5-9-19)32-28(35)25-16-30-22-10-6-7-11-23(22)31-25/h3-11,16-18,20-21,24,26,33H,12-15H2,1-2H3,(H2,29,34)(H,32,35)/t17?,18?,20?,21-,24-,26-/m0/s1. The van der Waals surface area contributed by atoms with E-state index >= 15 is 0 Å². The zero-order valence-electron chi connectivity index (χ0n) is 20.7. The van der Waals surface area contributed by atoms with Crippen LogP contribution >= 0.6 is 0 Å². The summed E-state index contributed by atoms with van der Waals surface area (Å²) in [6, 6.07) is 16.3. The number of primary amides is 1. The summed E-state index contributed by atoms with van der Waals surface area (Å²) in [4.78, 5) is 34.4.